The van der Waals surface area contributed by atoms with Crippen molar-refractivity contribution in [3.63, 3.8) is 0 Å². The third kappa shape index (κ3) is 5.90. The van der Waals surface area contributed by atoms with E-state index in [0.717, 1.165) is 12.0 Å². The second-order valence-electron chi connectivity index (χ2n) is 6.02. The van der Waals surface area contributed by atoms with Crippen LogP contribution in [0.5, 0.6) is 17.2 Å². The number of hydrogen-bond donors (Lipinski definition) is 2. The molecule has 0 saturated heterocycles. The van der Waals surface area contributed by atoms with Gasteiger partial charge in [-0.3, -0.25) is 9.59 Å². The van der Waals surface area contributed by atoms with E-state index in [2.05, 4.69) is 10.6 Å². The molecule has 0 saturated carbocycles. The smallest absolute Gasteiger partial charge is 0.251 e. The molecule has 0 aliphatic heterocycles. The van der Waals surface area contributed by atoms with Crippen LogP contribution in [0.4, 0.5) is 0 Å². The number of methoxy groups -OCH3 is 2. The van der Waals surface area contributed by atoms with Gasteiger partial charge in [-0.1, -0.05) is 37.3 Å². The van der Waals surface area contributed by atoms with Crippen molar-refractivity contribution in [1.29, 1.82) is 0 Å². The van der Waals surface area contributed by atoms with E-state index < -0.39 is 5.91 Å². The molecule has 2 N–H and O–H groups in total. The molecule has 0 bridgehead atoms. The Kier molecular flexibility index (Phi) is 8.14. The zero-order chi connectivity index (χ0) is 20.4. The maximum absolute atomic E-state index is 12.4. The lowest BCUT2D eigenvalue weighted by atomic mass is 10.1. The van der Waals surface area contributed by atoms with E-state index in [1.807, 2.05) is 37.3 Å². The normalized spacial score (nSPS) is 10.1. The molecule has 0 radical (unpaired) electrons. The Labute approximate surface area is 165 Å². The summed E-state index contributed by atoms with van der Waals surface area (Å²) in [6, 6.07) is 12.8. The highest BCUT2D eigenvalue weighted by Crippen LogP contribution is 2.39. The van der Waals surface area contributed by atoms with Crippen LogP contribution in [0.1, 0.15) is 29.3 Å². The number of hydrogen-bond acceptors (Lipinski definition) is 5. The summed E-state index contributed by atoms with van der Waals surface area (Å²) >= 11 is 0. The van der Waals surface area contributed by atoms with Crippen LogP contribution in [0.15, 0.2) is 42.5 Å². The van der Waals surface area contributed by atoms with Gasteiger partial charge in [-0.25, -0.2) is 0 Å². The Hall–Kier alpha value is -3.22. The second kappa shape index (κ2) is 10.8. The van der Waals surface area contributed by atoms with Gasteiger partial charge in [-0.05, 0) is 24.1 Å². The van der Waals surface area contributed by atoms with Crippen LogP contribution in [-0.2, 0) is 11.4 Å². The van der Waals surface area contributed by atoms with E-state index in [-0.39, 0.29) is 12.5 Å². The molecule has 2 amide bonds. The number of rotatable bonds is 10. The first-order valence-electron chi connectivity index (χ1n) is 9.06. The highest BCUT2D eigenvalue weighted by molar-refractivity contribution is 5.97. The summed E-state index contributed by atoms with van der Waals surface area (Å²) in [6.07, 6.45) is 0.832. The summed E-state index contributed by atoms with van der Waals surface area (Å²) in [5.74, 6) is 0.507. The van der Waals surface area contributed by atoms with Gasteiger partial charge in [0.2, 0.25) is 11.7 Å². The Bertz CT molecular complexity index is 768. The van der Waals surface area contributed by atoms with Crippen LogP contribution < -0.4 is 24.8 Å². The largest absolute Gasteiger partial charge is 0.493 e. The number of benzene rings is 2. The first-order chi connectivity index (χ1) is 13.6. The molecular weight excluding hydrogens is 360 g/mol. The molecule has 0 atom stereocenters. The maximum Gasteiger partial charge on any atom is 0.251 e. The molecule has 0 fully saturated rings. The third-order valence-corrected chi connectivity index (χ3v) is 3.93. The minimum absolute atomic E-state index is 0.101. The molecule has 0 heterocycles. The minimum atomic E-state index is -0.405. The zero-order valence-electron chi connectivity index (χ0n) is 16.4. The molecule has 28 heavy (non-hydrogen) atoms. The second-order valence-corrected chi connectivity index (χ2v) is 6.02. The predicted molar refractivity (Wildman–Crippen MR) is 106 cm³/mol. The summed E-state index contributed by atoms with van der Waals surface area (Å²) in [5.41, 5.74) is 1.30. The summed E-state index contributed by atoms with van der Waals surface area (Å²) < 4.78 is 16.6. The van der Waals surface area contributed by atoms with E-state index in [1.54, 1.807) is 12.1 Å². The van der Waals surface area contributed by atoms with Crippen molar-refractivity contribution < 1.29 is 23.8 Å². The van der Waals surface area contributed by atoms with Crippen LogP contribution in [0.25, 0.3) is 0 Å². The number of nitrogens with one attached hydrogen (secondary N) is 2. The molecule has 0 aromatic heterocycles. The summed E-state index contributed by atoms with van der Waals surface area (Å²) in [4.78, 5) is 24.1. The molecule has 7 nitrogen and oxygen atoms in total. The van der Waals surface area contributed by atoms with Gasteiger partial charge in [0, 0.05) is 12.1 Å². The molecule has 0 unspecified atom stereocenters. The number of amides is 2. The van der Waals surface area contributed by atoms with Gasteiger partial charge < -0.3 is 24.8 Å². The molecular formula is C21H26N2O5. The van der Waals surface area contributed by atoms with Gasteiger partial charge >= 0.3 is 0 Å². The van der Waals surface area contributed by atoms with Gasteiger partial charge in [0.25, 0.3) is 5.91 Å². The average molecular weight is 386 g/mol. The Morgan fingerprint density at radius 3 is 2.18 bits per heavy atom. The van der Waals surface area contributed by atoms with Crippen molar-refractivity contribution in [2.45, 2.75) is 20.0 Å². The molecule has 2 aromatic carbocycles. The third-order valence-electron chi connectivity index (χ3n) is 3.93. The summed E-state index contributed by atoms with van der Waals surface area (Å²) in [5, 5.41) is 5.29. The Morgan fingerprint density at radius 1 is 0.964 bits per heavy atom. The monoisotopic (exact) mass is 386 g/mol. The predicted octanol–water partition coefficient (Wildman–Crippen LogP) is 2.54. The topological polar surface area (TPSA) is 85.9 Å². The van der Waals surface area contributed by atoms with E-state index >= 15 is 0 Å². The maximum atomic E-state index is 12.4. The van der Waals surface area contributed by atoms with Gasteiger partial charge in [0.05, 0.1) is 20.8 Å². The van der Waals surface area contributed by atoms with Gasteiger partial charge in [0.15, 0.2) is 11.5 Å². The fourth-order valence-corrected chi connectivity index (χ4v) is 2.47. The van der Waals surface area contributed by atoms with Crippen molar-refractivity contribution >= 4 is 11.8 Å². The van der Waals surface area contributed by atoms with E-state index in [1.165, 1.54) is 14.2 Å². The van der Waals surface area contributed by atoms with Crippen molar-refractivity contribution in [2.75, 3.05) is 27.3 Å². The summed E-state index contributed by atoms with van der Waals surface area (Å²) in [7, 11) is 2.98. The lowest BCUT2D eigenvalue weighted by molar-refractivity contribution is -0.120. The Morgan fingerprint density at radius 2 is 1.61 bits per heavy atom. The highest BCUT2D eigenvalue weighted by Gasteiger charge is 2.18. The van der Waals surface area contributed by atoms with Gasteiger partial charge in [0.1, 0.15) is 6.61 Å². The molecule has 2 aromatic rings. The van der Waals surface area contributed by atoms with E-state index in [4.69, 9.17) is 14.2 Å². The van der Waals surface area contributed by atoms with E-state index in [0.29, 0.717) is 36.0 Å². The quantitative estimate of drug-likeness (QED) is 0.655. The zero-order valence-corrected chi connectivity index (χ0v) is 16.4. The molecule has 2 rings (SSSR count). The molecule has 0 aliphatic rings. The highest BCUT2D eigenvalue weighted by atomic mass is 16.5. The number of carbonyl (C=O) groups is 2. The van der Waals surface area contributed by atoms with Crippen molar-refractivity contribution in [1.82, 2.24) is 10.6 Å². The standard InChI is InChI=1S/C21H26N2O5/c1-4-10-22-19(24)13-23-21(25)16-11-17(26-2)20(18(12-16)27-3)28-14-15-8-6-5-7-9-15/h5-9,11-12H,4,10,13-14H2,1-3H3,(H,22,24)(H,23,25). The van der Waals surface area contributed by atoms with E-state index in [9.17, 15) is 9.59 Å². The number of ether oxygens (including phenoxy) is 3. The molecule has 7 heteroatoms. The number of carbonyl (C=O) groups excluding carboxylic acids is 2. The van der Waals surface area contributed by atoms with Crippen LogP contribution >= 0.6 is 0 Å². The average Bonchev–Trinajstić information content (AvgIpc) is 2.74. The fraction of sp³-hybridized carbons (Fsp3) is 0.333. The van der Waals surface area contributed by atoms with Crippen LogP contribution in [-0.4, -0.2) is 39.1 Å². The molecule has 0 aliphatic carbocycles. The van der Waals surface area contributed by atoms with Crippen LogP contribution in [0.3, 0.4) is 0 Å². The van der Waals surface area contributed by atoms with Crippen molar-refractivity contribution in [3.8, 4) is 17.2 Å². The van der Waals surface area contributed by atoms with Crippen LogP contribution in [0.2, 0.25) is 0 Å². The first-order valence-corrected chi connectivity index (χ1v) is 9.06. The van der Waals surface area contributed by atoms with Gasteiger partial charge in [-0.2, -0.15) is 0 Å². The molecule has 0 spiro atoms. The first kappa shape index (κ1) is 21.1. The minimum Gasteiger partial charge on any atom is -0.493 e. The van der Waals surface area contributed by atoms with Crippen molar-refractivity contribution in [3.05, 3.63) is 53.6 Å². The lowest BCUT2D eigenvalue weighted by Crippen LogP contribution is -2.37. The lowest BCUT2D eigenvalue weighted by Gasteiger charge is -2.16. The summed E-state index contributed by atoms with van der Waals surface area (Å²) in [6.45, 7) is 2.76. The SMILES string of the molecule is CCCNC(=O)CNC(=O)c1cc(OC)c(OCc2ccccc2)c(OC)c1. The Balaban J connectivity index is 2.12. The van der Waals surface area contributed by atoms with Crippen molar-refractivity contribution in [2.24, 2.45) is 0 Å². The fourth-order valence-electron chi connectivity index (χ4n) is 2.47. The molecule has 150 valence electrons. The van der Waals surface area contributed by atoms with Gasteiger partial charge in [-0.15, -0.1) is 0 Å². The van der Waals surface area contributed by atoms with Crippen LogP contribution in [0, 0.1) is 0 Å².